The summed E-state index contributed by atoms with van der Waals surface area (Å²) in [7, 11) is -2.07. The number of carboxylic acids is 1. The number of nitrogens with one attached hydrogen (secondary N) is 1. The number of hydrogen-bond donors (Lipinski definition) is 2. The summed E-state index contributed by atoms with van der Waals surface area (Å²) in [5, 5.41) is 12.8. The van der Waals surface area contributed by atoms with Crippen LogP contribution in [0.5, 0.6) is 0 Å². The molecule has 0 saturated carbocycles. The van der Waals surface area contributed by atoms with Crippen molar-refractivity contribution >= 4 is 27.6 Å². The van der Waals surface area contributed by atoms with E-state index in [2.05, 4.69) is 9.82 Å². The average molecular weight is 330 g/mol. The van der Waals surface area contributed by atoms with E-state index in [1.165, 1.54) is 6.07 Å². The first-order chi connectivity index (χ1) is 9.79. The van der Waals surface area contributed by atoms with Crippen molar-refractivity contribution in [2.75, 3.05) is 0 Å². The fraction of sp³-hybridized carbons (Fsp3) is 0.167. The van der Waals surface area contributed by atoms with Crippen molar-refractivity contribution < 1.29 is 18.3 Å². The second-order valence-corrected chi connectivity index (χ2v) is 6.43. The fourth-order valence-electron chi connectivity index (χ4n) is 1.65. The van der Waals surface area contributed by atoms with Gasteiger partial charge in [-0.2, -0.15) is 5.10 Å². The molecule has 0 fully saturated rings. The number of aryl methyl sites for hydroxylation is 1. The Morgan fingerprint density at radius 3 is 2.67 bits per heavy atom. The first kappa shape index (κ1) is 15.5. The molecule has 0 spiro atoms. The Kier molecular flexibility index (Phi) is 4.31. The van der Waals surface area contributed by atoms with Gasteiger partial charge in [0.15, 0.2) is 0 Å². The Bertz CT molecular complexity index is 786. The second-order valence-electron chi connectivity index (χ2n) is 4.25. The van der Waals surface area contributed by atoms with Gasteiger partial charge in [-0.15, -0.1) is 0 Å². The third kappa shape index (κ3) is 3.60. The lowest BCUT2D eigenvalue weighted by molar-refractivity contribution is 0.0697. The maximum absolute atomic E-state index is 12.1. The van der Waals surface area contributed by atoms with E-state index in [9.17, 15) is 13.2 Å². The lowest BCUT2D eigenvalue weighted by Gasteiger charge is -2.07. The molecule has 112 valence electrons. The minimum absolute atomic E-state index is 0.0292. The predicted octanol–water partition coefficient (Wildman–Crippen LogP) is 1.25. The van der Waals surface area contributed by atoms with E-state index in [0.29, 0.717) is 5.69 Å². The van der Waals surface area contributed by atoms with Crippen LogP contribution in [-0.2, 0) is 23.6 Å². The smallest absolute Gasteiger partial charge is 0.337 e. The summed E-state index contributed by atoms with van der Waals surface area (Å²) in [4.78, 5) is 10.7. The van der Waals surface area contributed by atoms with E-state index >= 15 is 0 Å². The minimum Gasteiger partial charge on any atom is -0.478 e. The highest BCUT2D eigenvalue weighted by Crippen LogP contribution is 2.21. The quantitative estimate of drug-likeness (QED) is 0.859. The number of aromatic nitrogens is 2. The van der Waals surface area contributed by atoms with E-state index in [0.717, 1.165) is 12.1 Å². The first-order valence-corrected chi connectivity index (χ1v) is 7.67. The summed E-state index contributed by atoms with van der Waals surface area (Å²) < 4.78 is 28.1. The number of carboxylic acid groups (broad SMARTS) is 1. The molecule has 0 atom stereocenters. The van der Waals surface area contributed by atoms with Gasteiger partial charge in [0, 0.05) is 13.2 Å². The summed E-state index contributed by atoms with van der Waals surface area (Å²) in [5.74, 6) is -1.22. The van der Waals surface area contributed by atoms with Crippen molar-refractivity contribution in [3.8, 4) is 0 Å². The molecule has 0 aliphatic carbocycles. The van der Waals surface area contributed by atoms with Crippen LogP contribution in [-0.4, -0.2) is 29.3 Å². The number of carbonyl (C=O) groups is 1. The number of halogens is 1. The van der Waals surface area contributed by atoms with Crippen LogP contribution >= 0.6 is 11.6 Å². The molecule has 0 saturated heterocycles. The van der Waals surface area contributed by atoms with Crippen molar-refractivity contribution in [1.29, 1.82) is 0 Å². The number of benzene rings is 1. The molecule has 21 heavy (non-hydrogen) atoms. The van der Waals surface area contributed by atoms with Gasteiger partial charge in [-0.3, -0.25) is 4.68 Å². The van der Waals surface area contributed by atoms with Gasteiger partial charge in [0.25, 0.3) is 0 Å². The summed E-state index contributed by atoms with van der Waals surface area (Å²) in [6, 6.07) is 5.13. The number of sulfonamides is 1. The molecule has 2 aromatic rings. The van der Waals surface area contributed by atoms with E-state index in [-0.39, 0.29) is 22.0 Å². The average Bonchev–Trinajstić information content (AvgIpc) is 2.82. The van der Waals surface area contributed by atoms with Gasteiger partial charge >= 0.3 is 5.97 Å². The van der Waals surface area contributed by atoms with Gasteiger partial charge in [-0.05, 0) is 24.3 Å². The summed E-state index contributed by atoms with van der Waals surface area (Å²) >= 11 is 5.76. The lowest BCUT2D eigenvalue weighted by atomic mass is 10.2. The van der Waals surface area contributed by atoms with Crippen molar-refractivity contribution in [3.63, 3.8) is 0 Å². The monoisotopic (exact) mass is 329 g/mol. The standard InChI is InChI=1S/C12H12ClN3O4S/c1-16-5-4-8(15-16)7-14-21(19,20)9-2-3-10(12(17)18)11(13)6-9/h2-6,14H,7H2,1H3,(H,17,18). The molecular formula is C12H12ClN3O4S. The number of nitrogens with zero attached hydrogens (tertiary/aromatic N) is 2. The molecule has 1 heterocycles. The number of hydrogen-bond acceptors (Lipinski definition) is 4. The van der Waals surface area contributed by atoms with Crippen LogP contribution < -0.4 is 4.72 Å². The largest absolute Gasteiger partial charge is 0.478 e. The molecule has 7 nitrogen and oxygen atoms in total. The Balaban J connectivity index is 2.19. The molecule has 0 aliphatic heterocycles. The van der Waals surface area contributed by atoms with Crippen LogP contribution in [0.2, 0.25) is 5.02 Å². The molecule has 2 rings (SSSR count). The number of rotatable bonds is 5. The van der Waals surface area contributed by atoms with Gasteiger partial charge in [0.1, 0.15) is 0 Å². The SMILES string of the molecule is Cn1ccc(CNS(=O)(=O)c2ccc(C(=O)O)c(Cl)c2)n1. The molecule has 2 N–H and O–H groups in total. The Hall–Kier alpha value is -1.90. The maximum atomic E-state index is 12.1. The molecular weight excluding hydrogens is 318 g/mol. The van der Waals surface area contributed by atoms with Crippen molar-refractivity contribution in [2.45, 2.75) is 11.4 Å². The van der Waals surface area contributed by atoms with Crippen LogP contribution in [0.3, 0.4) is 0 Å². The molecule has 1 aromatic heterocycles. The summed E-state index contributed by atoms with van der Waals surface area (Å²) in [5.41, 5.74) is 0.412. The van der Waals surface area contributed by atoms with E-state index in [1.807, 2.05) is 0 Å². The Morgan fingerprint density at radius 1 is 1.43 bits per heavy atom. The zero-order chi connectivity index (χ0) is 15.6. The number of aromatic carboxylic acids is 1. The Labute approximate surface area is 126 Å². The van der Waals surface area contributed by atoms with Crippen molar-refractivity contribution in [1.82, 2.24) is 14.5 Å². The van der Waals surface area contributed by atoms with Gasteiger partial charge in [-0.1, -0.05) is 11.6 Å². The van der Waals surface area contributed by atoms with Gasteiger partial charge in [0.2, 0.25) is 10.0 Å². The van der Waals surface area contributed by atoms with Gasteiger partial charge < -0.3 is 5.11 Å². The summed E-state index contributed by atoms with van der Waals surface area (Å²) in [6.45, 7) is 0.0292. The first-order valence-electron chi connectivity index (χ1n) is 5.80. The van der Waals surface area contributed by atoms with Crippen LogP contribution in [0, 0.1) is 0 Å². The second kappa shape index (κ2) is 5.84. The van der Waals surface area contributed by atoms with Gasteiger partial charge in [-0.25, -0.2) is 17.9 Å². The highest BCUT2D eigenvalue weighted by atomic mass is 35.5. The van der Waals surface area contributed by atoms with Crippen molar-refractivity contribution in [3.05, 3.63) is 46.7 Å². The molecule has 0 amide bonds. The summed E-state index contributed by atoms with van der Waals surface area (Å²) in [6.07, 6.45) is 1.70. The zero-order valence-electron chi connectivity index (χ0n) is 10.9. The highest BCUT2D eigenvalue weighted by Gasteiger charge is 2.17. The molecule has 9 heteroatoms. The maximum Gasteiger partial charge on any atom is 0.337 e. The van der Waals surface area contributed by atoms with Crippen LogP contribution in [0.25, 0.3) is 0 Å². The van der Waals surface area contributed by atoms with Crippen LogP contribution in [0.4, 0.5) is 0 Å². The molecule has 0 unspecified atom stereocenters. The van der Waals surface area contributed by atoms with E-state index in [4.69, 9.17) is 16.7 Å². The predicted molar refractivity (Wildman–Crippen MR) is 75.6 cm³/mol. The normalized spacial score (nSPS) is 11.5. The molecule has 1 aromatic carbocycles. The third-order valence-corrected chi connectivity index (χ3v) is 4.41. The van der Waals surface area contributed by atoms with Crippen molar-refractivity contribution in [2.24, 2.45) is 7.05 Å². The van der Waals surface area contributed by atoms with E-state index in [1.54, 1.807) is 24.0 Å². The highest BCUT2D eigenvalue weighted by molar-refractivity contribution is 7.89. The van der Waals surface area contributed by atoms with E-state index < -0.39 is 16.0 Å². The minimum atomic E-state index is -3.79. The fourth-order valence-corrected chi connectivity index (χ4v) is 3.00. The zero-order valence-corrected chi connectivity index (χ0v) is 12.5. The Morgan fingerprint density at radius 2 is 2.14 bits per heavy atom. The van der Waals surface area contributed by atoms with Crippen LogP contribution in [0.1, 0.15) is 16.1 Å². The van der Waals surface area contributed by atoms with Crippen LogP contribution in [0.15, 0.2) is 35.4 Å². The topological polar surface area (TPSA) is 101 Å². The third-order valence-electron chi connectivity index (χ3n) is 2.69. The van der Waals surface area contributed by atoms with Gasteiger partial charge in [0.05, 0.1) is 27.7 Å². The molecule has 0 radical (unpaired) electrons. The molecule has 0 bridgehead atoms. The lowest BCUT2D eigenvalue weighted by Crippen LogP contribution is -2.23. The molecule has 0 aliphatic rings.